The van der Waals surface area contributed by atoms with Crippen molar-refractivity contribution >= 4 is 5.97 Å². The molecule has 0 radical (unpaired) electrons. The lowest BCUT2D eigenvalue weighted by molar-refractivity contribution is -0.150. The number of rotatable bonds is 2. The molecule has 0 spiro atoms. The first kappa shape index (κ1) is 10.1. The highest BCUT2D eigenvalue weighted by molar-refractivity contribution is 5.67. The lowest BCUT2D eigenvalue weighted by Crippen LogP contribution is -2.28. The number of hydrogen-bond donors (Lipinski definition) is 0. The summed E-state index contributed by atoms with van der Waals surface area (Å²) in [5, 5.41) is 0. The molecule has 1 fully saturated rings. The topological polar surface area (TPSA) is 26.3 Å². The molecule has 0 aromatic rings. The van der Waals surface area contributed by atoms with E-state index in [2.05, 4.69) is 11.8 Å². The van der Waals surface area contributed by atoms with Gasteiger partial charge in [0.25, 0.3) is 0 Å². The summed E-state index contributed by atoms with van der Waals surface area (Å²) in [6.07, 6.45) is 3.14. The maximum Gasteiger partial charge on any atom is 0.304 e. The Morgan fingerprint density at radius 3 is 2.62 bits per heavy atom. The number of hydrogen-bond acceptors (Lipinski definition) is 2. The molecule has 0 saturated heterocycles. The predicted octanol–water partition coefficient (Wildman–Crippen LogP) is 2.13. The lowest BCUT2D eigenvalue weighted by Gasteiger charge is -2.21. The smallest absolute Gasteiger partial charge is 0.304 e. The van der Waals surface area contributed by atoms with Crippen LogP contribution in [0, 0.1) is 17.8 Å². The molecule has 2 nitrogen and oxygen atoms in total. The molecule has 0 amide bonds. The van der Waals surface area contributed by atoms with E-state index in [-0.39, 0.29) is 5.97 Å². The fraction of sp³-hybridized carbons (Fsp3) is 0.727. The van der Waals surface area contributed by atoms with Crippen molar-refractivity contribution in [2.45, 2.75) is 45.6 Å². The molecule has 1 aliphatic rings. The normalized spacial score (nSPS) is 19.6. The van der Waals surface area contributed by atoms with Gasteiger partial charge in [0.1, 0.15) is 0 Å². The molecule has 0 aliphatic heterocycles. The average Bonchev–Trinajstić information content (AvgIpc) is 2.83. The first-order chi connectivity index (χ1) is 6.06. The Balaban J connectivity index is 2.57. The Morgan fingerprint density at radius 1 is 1.62 bits per heavy atom. The fourth-order valence-corrected chi connectivity index (χ4v) is 0.986. The Hall–Kier alpha value is -0.970. The van der Waals surface area contributed by atoms with Crippen molar-refractivity contribution in [2.75, 3.05) is 0 Å². The molecule has 0 aromatic carbocycles. The van der Waals surface area contributed by atoms with Crippen LogP contribution < -0.4 is 0 Å². The summed E-state index contributed by atoms with van der Waals surface area (Å²) in [4.78, 5) is 10.8. The van der Waals surface area contributed by atoms with Crippen LogP contribution in [-0.2, 0) is 9.53 Å². The van der Waals surface area contributed by atoms with Gasteiger partial charge in [-0.05, 0) is 26.2 Å². The zero-order chi connectivity index (χ0) is 9.90. The molecular weight excluding hydrogens is 164 g/mol. The van der Waals surface area contributed by atoms with E-state index in [4.69, 9.17) is 4.74 Å². The fourth-order valence-electron chi connectivity index (χ4n) is 0.986. The molecule has 13 heavy (non-hydrogen) atoms. The third-order valence-corrected chi connectivity index (χ3v) is 2.16. The van der Waals surface area contributed by atoms with Crippen LogP contribution in [-0.4, -0.2) is 11.6 Å². The highest BCUT2D eigenvalue weighted by Crippen LogP contribution is 2.28. The minimum atomic E-state index is -0.575. The van der Waals surface area contributed by atoms with E-state index >= 15 is 0 Å². The largest absolute Gasteiger partial charge is 0.446 e. The van der Waals surface area contributed by atoms with Crippen molar-refractivity contribution < 1.29 is 9.53 Å². The van der Waals surface area contributed by atoms with Crippen molar-refractivity contribution in [3.63, 3.8) is 0 Å². The van der Waals surface area contributed by atoms with Crippen LogP contribution >= 0.6 is 0 Å². The molecule has 0 N–H and O–H groups in total. The van der Waals surface area contributed by atoms with E-state index in [1.54, 1.807) is 0 Å². The van der Waals surface area contributed by atoms with Gasteiger partial charge in [0.15, 0.2) is 5.60 Å². The van der Waals surface area contributed by atoms with E-state index < -0.39 is 5.60 Å². The lowest BCUT2D eigenvalue weighted by atomic mass is 10.0. The van der Waals surface area contributed by atoms with E-state index in [0.717, 1.165) is 6.42 Å². The summed E-state index contributed by atoms with van der Waals surface area (Å²) in [5.74, 6) is 6.47. The van der Waals surface area contributed by atoms with Gasteiger partial charge in [-0.2, -0.15) is 0 Å². The summed E-state index contributed by atoms with van der Waals surface area (Å²) in [7, 11) is 0. The number of esters is 1. The molecule has 1 saturated carbocycles. The molecule has 1 atom stereocenters. The van der Waals surface area contributed by atoms with E-state index in [1.165, 1.54) is 19.8 Å². The van der Waals surface area contributed by atoms with Gasteiger partial charge in [-0.3, -0.25) is 4.79 Å². The van der Waals surface area contributed by atoms with Gasteiger partial charge in [-0.1, -0.05) is 18.8 Å². The Labute approximate surface area is 79.7 Å². The van der Waals surface area contributed by atoms with Crippen LogP contribution in [0.1, 0.15) is 40.0 Å². The molecule has 2 heteroatoms. The highest BCUT2D eigenvalue weighted by Gasteiger charge is 2.24. The van der Waals surface area contributed by atoms with E-state index in [0.29, 0.717) is 5.92 Å². The molecular formula is C11H16O2. The van der Waals surface area contributed by atoms with Gasteiger partial charge in [-0.15, -0.1) is 0 Å². The summed E-state index contributed by atoms with van der Waals surface area (Å²) >= 11 is 0. The van der Waals surface area contributed by atoms with Gasteiger partial charge >= 0.3 is 5.97 Å². The zero-order valence-corrected chi connectivity index (χ0v) is 8.52. The highest BCUT2D eigenvalue weighted by atomic mass is 16.6. The summed E-state index contributed by atoms with van der Waals surface area (Å²) in [6, 6.07) is 0. The van der Waals surface area contributed by atoms with E-state index in [1.807, 2.05) is 13.8 Å². The minimum absolute atomic E-state index is 0.255. The standard InChI is InChI=1S/C11H16O2/c1-4-11(3,13-9(2)12)8-7-10-5-6-10/h10H,4-6H2,1-3H3. The van der Waals surface area contributed by atoms with Crippen molar-refractivity contribution in [3.05, 3.63) is 0 Å². The predicted molar refractivity (Wildman–Crippen MR) is 51.0 cm³/mol. The van der Waals surface area contributed by atoms with Crippen LogP contribution in [0.15, 0.2) is 0 Å². The zero-order valence-electron chi connectivity index (χ0n) is 8.52. The molecule has 72 valence electrons. The summed E-state index contributed by atoms with van der Waals surface area (Å²) in [5.41, 5.74) is -0.575. The minimum Gasteiger partial charge on any atom is -0.446 e. The Bertz CT molecular complexity index is 255. The van der Waals surface area contributed by atoms with Crippen LogP contribution in [0.3, 0.4) is 0 Å². The maximum atomic E-state index is 10.8. The van der Waals surface area contributed by atoms with E-state index in [9.17, 15) is 4.79 Å². The monoisotopic (exact) mass is 180 g/mol. The number of carbonyl (C=O) groups excluding carboxylic acids is 1. The third-order valence-electron chi connectivity index (χ3n) is 2.16. The summed E-state index contributed by atoms with van der Waals surface area (Å²) < 4.78 is 5.15. The molecule has 1 rings (SSSR count). The second-order valence-corrected chi connectivity index (χ2v) is 3.72. The van der Waals surface area contributed by atoms with Crippen molar-refractivity contribution in [2.24, 2.45) is 5.92 Å². The van der Waals surface area contributed by atoms with Gasteiger partial charge in [0, 0.05) is 12.8 Å². The first-order valence-corrected chi connectivity index (χ1v) is 4.78. The van der Waals surface area contributed by atoms with Gasteiger partial charge in [0.2, 0.25) is 0 Å². The first-order valence-electron chi connectivity index (χ1n) is 4.78. The molecule has 1 unspecified atom stereocenters. The quantitative estimate of drug-likeness (QED) is 0.480. The van der Waals surface area contributed by atoms with Crippen LogP contribution in [0.2, 0.25) is 0 Å². The van der Waals surface area contributed by atoms with Crippen LogP contribution in [0.25, 0.3) is 0 Å². The average molecular weight is 180 g/mol. The van der Waals surface area contributed by atoms with Crippen molar-refractivity contribution in [1.29, 1.82) is 0 Å². The van der Waals surface area contributed by atoms with Gasteiger partial charge in [0.05, 0.1) is 0 Å². The maximum absolute atomic E-state index is 10.8. The van der Waals surface area contributed by atoms with Gasteiger partial charge < -0.3 is 4.74 Å². The molecule has 0 aromatic heterocycles. The second-order valence-electron chi connectivity index (χ2n) is 3.72. The Morgan fingerprint density at radius 2 is 2.23 bits per heavy atom. The number of carbonyl (C=O) groups is 1. The molecule has 0 heterocycles. The summed E-state index contributed by atoms with van der Waals surface area (Å²) in [6.45, 7) is 5.26. The number of ether oxygens (including phenoxy) is 1. The van der Waals surface area contributed by atoms with Crippen LogP contribution in [0.4, 0.5) is 0 Å². The van der Waals surface area contributed by atoms with Crippen molar-refractivity contribution in [3.8, 4) is 11.8 Å². The molecule has 1 aliphatic carbocycles. The van der Waals surface area contributed by atoms with Crippen LogP contribution in [0.5, 0.6) is 0 Å². The SMILES string of the molecule is CCC(C)(C#CC1CC1)OC(C)=O. The second kappa shape index (κ2) is 3.83. The third kappa shape index (κ3) is 3.50. The van der Waals surface area contributed by atoms with Crippen molar-refractivity contribution in [1.82, 2.24) is 0 Å². The molecule has 0 bridgehead atoms. The van der Waals surface area contributed by atoms with Gasteiger partial charge in [-0.25, -0.2) is 0 Å². The Kier molecular flexibility index (Phi) is 2.98.